The lowest BCUT2D eigenvalue weighted by atomic mass is 10.1. The molecule has 3 unspecified atom stereocenters. The highest BCUT2D eigenvalue weighted by molar-refractivity contribution is 7.45. The van der Waals surface area contributed by atoms with E-state index in [1.54, 1.807) is 6.08 Å². The molecule has 0 rings (SSSR count). The number of carbonyl (C=O) groups is 1. The van der Waals surface area contributed by atoms with Crippen LogP contribution in [0.25, 0.3) is 0 Å². The largest absolute Gasteiger partial charge is 0.756 e. The Bertz CT molecular complexity index is 855. The summed E-state index contributed by atoms with van der Waals surface area (Å²) < 4.78 is 22.9. The Morgan fingerprint density at radius 2 is 1.26 bits per heavy atom. The van der Waals surface area contributed by atoms with Crippen molar-refractivity contribution in [3.05, 3.63) is 36.5 Å². The lowest BCUT2D eigenvalue weighted by molar-refractivity contribution is -0.870. The highest BCUT2D eigenvalue weighted by atomic mass is 31.2. The van der Waals surface area contributed by atoms with Gasteiger partial charge in [-0.3, -0.25) is 9.36 Å². The lowest BCUT2D eigenvalue weighted by Crippen LogP contribution is -2.45. The first-order valence-electron chi connectivity index (χ1n) is 18.4. The molecule has 0 saturated heterocycles. The number of allylic oxidation sites excluding steroid dienone is 5. The van der Waals surface area contributed by atoms with E-state index in [1.165, 1.54) is 77.0 Å². The molecule has 8 nitrogen and oxygen atoms in total. The molecule has 270 valence electrons. The van der Waals surface area contributed by atoms with Crippen LogP contribution in [0.5, 0.6) is 0 Å². The molecule has 9 heteroatoms. The minimum absolute atomic E-state index is 0.00827. The number of hydrogen-bond donors (Lipinski definition) is 2. The average molecular weight is 671 g/mol. The van der Waals surface area contributed by atoms with Gasteiger partial charge in [-0.2, -0.15) is 0 Å². The Hall–Kier alpha value is -1.28. The van der Waals surface area contributed by atoms with E-state index in [9.17, 15) is 19.4 Å². The van der Waals surface area contributed by atoms with Crippen LogP contribution < -0.4 is 10.2 Å². The van der Waals surface area contributed by atoms with Gasteiger partial charge in [-0.15, -0.1) is 0 Å². The molecule has 0 fully saturated rings. The molecule has 1 amide bonds. The highest BCUT2D eigenvalue weighted by Crippen LogP contribution is 2.38. The van der Waals surface area contributed by atoms with Gasteiger partial charge in [0, 0.05) is 6.42 Å². The highest BCUT2D eigenvalue weighted by Gasteiger charge is 2.23. The van der Waals surface area contributed by atoms with Gasteiger partial charge in [0.25, 0.3) is 7.82 Å². The predicted octanol–water partition coefficient (Wildman–Crippen LogP) is 8.55. The Balaban J connectivity index is 4.40. The van der Waals surface area contributed by atoms with Crippen LogP contribution in [0.4, 0.5) is 0 Å². The molecule has 0 radical (unpaired) electrons. The molecule has 0 bridgehead atoms. The van der Waals surface area contributed by atoms with E-state index in [0.29, 0.717) is 17.4 Å². The van der Waals surface area contributed by atoms with Gasteiger partial charge < -0.3 is 28.8 Å². The summed E-state index contributed by atoms with van der Waals surface area (Å²) in [4.78, 5) is 25.0. The quantitative estimate of drug-likeness (QED) is 0.0321. The summed E-state index contributed by atoms with van der Waals surface area (Å²) in [6.45, 7) is 4.47. The fourth-order valence-corrected chi connectivity index (χ4v) is 5.54. The summed E-state index contributed by atoms with van der Waals surface area (Å²) in [5, 5.41) is 13.5. The number of phosphoric ester groups is 1. The number of nitrogens with one attached hydrogen (secondary N) is 1. The number of nitrogens with zero attached hydrogens (tertiary/aromatic N) is 1. The second kappa shape index (κ2) is 29.8. The van der Waals surface area contributed by atoms with Crippen LogP contribution in [0, 0.1) is 0 Å². The fourth-order valence-electron chi connectivity index (χ4n) is 4.81. The van der Waals surface area contributed by atoms with Crippen molar-refractivity contribution in [1.82, 2.24) is 5.32 Å². The number of unbranched alkanes of at least 4 members (excludes halogenated alkanes) is 15. The number of carbonyl (C=O) groups excluding carboxylic acids is 1. The van der Waals surface area contributed by atoms with Gasteiger partial charge in [0.1, 0.15) is 13.2 Å². The van der Waals surface area contributed by atoms with E-state index < -0.39 is 26.6 Å². The van der Waals surface area contributed by atoms with Crippen LogP contribution in [-0.2, 0) is 18.4 Å². The first-order chi connectivity index (χ1) is 22.0. The van der Waals surface area contributed by atoms with E-state index in [0.717, 1.165) is 44.9 Å². The summed E-state index contributed by atoms with van der Waals surface area (Å²) in [6, 6.07) is -0.900. The Morgan fingerprint density at radius 3 is 1.85 bits per heavy atom. The summed E-state index contributed by atoms with van der Waals surface area (Å²) in [5.74, 6) is -0.219. The van der Waals surface area contributed by atoms with Crippen LogP contribution in [0.15, 0.2) is 36.5 Å². The van der Waals surface area contributed by atoms with Gasteiger partial charge in [-0.05, 0) is 51.4 Å². The van der Waals surface area contributed by atoms with Crippen molar-refractivity contribution in [1.29, 1.82) is 0 Å². The smallest absolute Gasteiger partial charge is 0.268 e. The van der Waals surface area contributed by atoms with Gasteiger partial charge in [-0.1, -0.05) is 121 Å². The van der Waals surface area contributed by atoms with Crippen LogP contribution >= 0.6 is 7.82 Å². The van der Waals surface area contributed by atoms with Crippen LogP contribution in [0.2, 0.25) is 0 Å². The van der Waals surface area contributed by atoms with Gasteiger partial charge in [0.15, 0.2) is 0 Å². The number of phosphoric acid groups is 1. The zero-order valence-electron chi connectivity index (χ0n) is 30.3. The molecule has 0 heterocycles. The maximum Gasteiger partial charge on any atom is 0.268 e. The minimum Gasteiger partial charge on any atom is -0.756 e. The van der Waals surface area contributed by atoms with Crippen LogP contribution in [0.3, 0.4) is 0 Å². The summed E-state index contributed by atoms with van der Waals surface area (Å²) in [7, 11) is 1.23. The maximum atomic E-state index is 12.7. The molecule has 0 aliphatic rings. The van der Waals surface area contributed by atoms with Crippen LogP contribution in [0.1, 0.15) is 142 Å². The molecule has 2 N–H and O–H groups in total. The van der Waals surface area contributed by atoms with E-state index in [4.69, 9.17) is 9.05 Å². The predicted molar refractivity (Wildman–Crippen MR) is 191 cm³/mol. The zero-order valence-corrected chi connectivity index (χ0v) is 31.2. The van der Waals surface area contributed by atoms with Crippen molar-refractivity contribution in [3.63, 3.8) is 0 Å². The Kier molecular flexibility index (Phi) is 29.0. The first kappa shape index (κ1) is 44.7. The third-order valence-electron chi connectivity index (χ3n) is 7.80. The second-order valence-electron chi connectivity index (χ2n) is 13.6. The van der Waals surface area contributed by atoms with Gasteiger partial charge >= 0.3 is 0 Å². The molecule has 0 aromatic heterocycles. The van der Waals surface area contributed by atoms with Crippen molar-refractivity contribution >= 4 is 13.7 Å². The fraction of sp³-hybridized carbons (Fsp3) is 0.811. The summed E-state index contributed by atoms with van der Waals surface area (Å²) >= 11 is 0. The third-order valence-corrected chi connectivity index (χ3v) is 8.77. The first-order valence-corrected chi connectivity index (χ1v) is 19.8. The van der Waals surface area contributed by atoms with E-state index in [1.807, 2.05) is 27.2 Å². The van der Waals surface area contributed by atoms with Crippen molar-refractivity contribution in [2.24, 2.45) is 0 Å². The van der Waals surface area contributed by atoms with E-state index in [2.05, 4.69) is 43.5 Å². The number of likely N-dealkylation sites (N-methyl/N-ethyl adjacent to an activating group) is 1. The number of aliphatic hydroxyl groups excluding tert-OH is 1. The standard InChI is InChI=1S/C37H71N2O6P/c1-6-8-10-12-14-15-16-17-18-19-20-21-22-23-25-27-29-31-37(41)38-35(36(40)30-28-26-24-13-11-9-7-2)34-45-46(42,43)44-33-32-39(3,4)5/h11,13,17-18,28,30,35-36,40H,6-10,12,14-16,19-27,29,31-34H2,1-5H3,(H-,38,41,42,43)/b13-11+,18-17-,30-28+. The summed E-state index contributed by atoms with van der Waals surface area (Å²) in [5.41, 5.74) is 0. The molecule has 3 atom stereocenters. The van der Waals surface area contributed by atoms with Crippen molar-refractivity contribution in [3.8, 4) is 0 Å². The van der Waals surface area contributed by atoms with Crippen molar-refractivity contribution in [2.75, 3.05) is 40.9 Å². The molecule has 0 aliphatic heterocycles. The average Bonchev–Trinajstić information content (AvgIpc) is 2.99. The topological polar surface area (TPSA) is 108 Å². The monoisotopic (exact) mass is 671 g/mol. The molecule has 46 heavy (non-hydrogen) atoms. The SMILES string of the molecule is CCC/C=C/CC/C=C/C(O)C(COP(=O)([O-])OCC[N+](C)(C)C)NC(=O)CCCCCCCCC/C=C\CCCCCCCC. The molecular formula is C37H71N2O6P. The van der Waals surface area contributed by atoms with Gasteiger partial charge in [-0.25, -0.2) is 0 Å². The minimum atomic E-state index is -4.58. The number of amides is 1. The molecule has 0 aromatic carbocycles. The van der Waals surface area contributed by atoms with Crippen molar-refractivity contribution < 1.29 is 32.9 Å². The maximum absolute atomic E-state index is 12.7. The number of aliphatic hydroxyl groups is 1. The van der Waals surface area contributed by atoms with E-state index >= 15 is 0 Å². The molecule has 0 spiro atoms. The normalized spacial score (nSPS) is 15.2. The van der Waals surface area contributed by atoms with Crippen molar-refractivity contribution in [2.45, 2.75) is 154 Å². The summed E-state index contributed by atoms with van der Waals surface area (Å²) in [6.07, 6.45) is 33.5. The molecule has 0 aliphatic carbocycles. The third kappa shape index (κ3) is 31.3. The number of quaternary nitrogens is 1. The van der Waals surface area contributed by atoms with Crippen LogP contribution in [-0.4, -0.2) is 68.5 Å². The van der Waals surface area contributed by atoms with E-state index in [-0.39, 0.29) is 12.5 Å². The number of hydrogen-bond acceptors (Lipinski definition) is 6. The molecule has 0 saturated carbocycles. The van der Waals surface area contributed by atoms with Gasteiger partial charge in [0.05, 0.1) is 39.9 Å². The van der Waals surface area contributed by atoms with Gasteiger partial charge in [0.2, 0.25) is 5.91 Å². The molecular weight excluding hydrogens is 599 g/mol. The lowest BCUT2D eigenvalue weighted by Gasteiger charge is -2.29. The zero-order chi connectivity index (χ0) is 34.4. The Labute approximate surface area is 283 Å². The number of rotatable bonds is 32. The Morgan fingerprint density at radius 1 is 0.739 bits per heavy atom. The molecule has 0 aromatic rings. The second-order valence-corrected chi connectivity index (χ2v) is 15.0.